The van der Waals surface area contributed by atoms with Crippen molar-refractivity contribution in [2.45, 2.75) is 50.3 Å². The molecule has 0 saturated carbocycles. The number of nitrogens with zero attached hydrogens (tertiary/aromatic N) is 2. The van der Waals surface area contributed by atoms with E-state index >= 15 is 0 Å². The molecule has 0 spiro atoms. The van der Waals surface area contributed by atoms with E-state index in [9.17, 15) is 31.2 Å². The second kappa shape index (κ2) is 14.7. The van der Waals surface area contributed by atoms with E-state index in [4.69, 9.17) is 34.8 Å². The number of anilines is 1. The van der Waals surface area contributed by atoms with Gasteiger partial charge in [-0.2, -0.15) is 13.2 Å². The first kappa shape index (κ1) is 34.5. The molecule has 3 rings (SSSR count). The molecule has 3 aromatic rings. The van der Waals surface area contributed by atoms with Gasteiger partial charge < -0.3 is 10.2 Å². The van der Waals surface area contributed by atoms with Crippen molar-refractivity contribution in [2.75, 3.05) is 17.4 Å². The van der Waals surface area contributed by atoms with Crippen molar-refractivity contribution in [3.05, 3.63) is 92.9 Å². The van der Waals surface area contributed by atoms with Gasteiger partial charge in [0.25, 0.3) is 10.0 Å². The SMILES string of the molecule is CCCNC(=O)C(CC)N(Cc1ccc(Cl)cc1Cl)C(=O)CN(c1ccc(Cl)c(C(F)(F)F)c1)S(=O)(=O)c1ccccc1. The maximum absolute atomic E-state index is 14.0. The van der Waals surface area contributed by atoms with Crippen LogP contribution in [0.2, 0.25) is 15.1 Å². The zero-order valence-electron chi connectivity index (χ0n) is 23.2. The van der Waals surface area contributed by atoms with E-state index in [1.165, 1.54) is 30.3 Å². The van der Waals surface area contributed by atoms with Crippen molar-refractivity contribution >= 4 is 62.3 Å². The van der Waals surface area contributed by atoms with Gasteiger partial charge in [0.2, 0.25) is 11.8 Å². The van der Waals surface area contributed by atoms with Gasteiger partial charge in [0, 0.05) is 23.1 Å². The number of benzene rings is 3. The minimum atomic E-state index is -4.90. The number of halogens is 6. The monoisotopic (exact) mass is 677 g/mol. The summed E-state index contributed by atoms with van der Waals surface area (Å²) in [6.45, 7) is 2.72. The first-order valence-electron chi connectivity index (χ1n) is 13.2. The summed E-state index contributed by atoms with van der Waals surface area (Å²) < 4.78 is 69.5. The van der Waals surface area contributed by atoms with Gasteiger partial charge in [0.1, 0.15) is 12.6 Å². The molecule has 0 aliphatic carbocycles. The number of hydrogen-bond donors (Lipinski definition) is 1. The first-order chi connectivity index (χ1) is 20.2. The van der Waals surface area contributed by atoms with E-state index in [0.29, 0.717) is 33.9 Å². The highest BCUT2D eigenvalue weighted by atomic mass is 35.5. The van der Waals surface area contributed by atoms with E-state index in [-0.39, 0.29) is 22.9 Å². The lowest BCUT2D eigenvalue weighted by Gasteiger charge is -2.33. The Morgan fingerprint density at radius 2 is 1.60 bits per heavy atom. The molecule has 3 aromatic carbocycles. The molecule has 0 radical (unpaired) electrons. The molecule has 0 bridgehead atoms. The average Bonchev–Trinajstić information content (AvgIpc) is 2.95. The van der Waals surface area contributed by atoms with E-state index in [0.717, 1.165) is 17.0 Å². The van der Waals surface area contributed by atoms with Crippen LogP contribution in [0.4, 0.5) is 18.9 Å². The Balaban J connectivity index is 2.15. The highest BCUT2D eigenvalue weighted by Gasteiger charge is 2.37. The van der Waals surface area contributed by atoms with Gasteiger partial charge in [-0.05, 0) is 60.9 Å². The Hall–Kier alpha value is -2.99. The van der Waals surface area contributed by atoms with Crippen molar-refractivity contribution in [3.8, 4) is 0 Å². The summed E-state index contributed by atoms with van der Waals surface area (Å²) in [6, 6.07) is 13.0. The minimum Gasteiger partial charge on any atom is -0.354 e. The summed E-state index contributed by atoms with van der Waals surface area (Å²) in [5.74, 6) is -1.33. The topological polar surface area (TPSA) is 86.8 Å². The largest absolute Gasteiger partial charge is 0.417 e. The second-order valence-electron chi connectivity index (χ2n) is 9.46. The van der Waals surface area contributed by atoms with Gasteiger partial charge in [-0.15, -0.1) is 0 Å². The fraction of sp³-hybridized carbons (Fsp3) is 0.310. The Kier molecular flexibility index (Phi) is 11.8. The molecule has 0 heterocycles. The van der Waals surface area contributed by atoms with Crippen LogP contribution in [0.25, 0.3) is 0 Å². The lowest BCUT2D eigenvalue weighted by atomic mass is 10.1. The van der Waals surface area contributed by atoms with Crippen LogP contribution in [0, 0.1) is 0 Å². The zero-order chi connectivity index (χ0) is 31.9. The number of alkyl halides is 3. The van der Waals surface area contributed by atoms with E-state index in [1.54, 1.807) is 25.1 Å². The molecule has 14 heteroatoms. The quantitative estimate of drug-likeness (QED) is 0.220. The van der Waals surface area contributed by atoms with Gasteiger partial charge in [-0.1, -0.05) is 72.9 Å². The molecule has 7 nitrogen and oxygen atoms in total. The maximum atomic E-state index is 14.0. The van der Waals surface area contributed by atoms with Crippen LogP contribution in [0.3, 0.4) is 0 Å². The number of sulfonamides is 1. The third-order valence-corrected chi connectivity index (χ3v) is 9.15. The summed E-state index contributed by atoms with van der Waals surface area (Å²) in [5, 5.41) is 2.64. The van der Waals surface area contributed by atoms with Gasteiger partial charge in [-0.3, -0.25) is 13.9 Å². The highest BCUT2D eigenvalue weighted by Crippen LogP contribution is 2.38. The molecular formula is C29H29Cl3F3N3O4S. The summed E-state index contributed by atoms with van der Waals surface area (Å²) in [4.78, 5) is 28.1. The van der Waals surface area contributed by atoms with E-state index in [1.807, 2.05) is 6.92 Å². The molecule has 43 heavy (non-hydrogen) atoms. The fourth-order valence-corrected chi connectivity index (χ4v) is 6.37. The Morgan fingerprint density at radius 1 is 0.930 bits per heavy atom. The van der Waals surface area contributed by atoms with Gasteiger partial charge in [0.05, 0.1) is 21.2 Å². The fourth-order valence-electron chi connectivity index (χ4n) is 4.25. The number of nitrogens with one attached hydrogen (secondary N) is 1. The molecular weight excluding hydrogens is 650 g/mol. The van der Waals surface area contributed by atoms with Gasteiger partial charge in [0.15, 0.2) is 0 Å². The van der Waals surface area contributed by atoms with Crippen LogP contribution in [0.5, 0.6) is 0 Å². The van der Waals surface area contributed by atoms with Crippen LogP contribution in [0.15, 0.2) is 71.6 Å². The molecule has 2 amide bonds. The molecule has 0 aliphatic heterocycles. The van der Waals surface area contributed by atoms with E-state index in [2.05, 4.69) is 5.32 Å². The first-order valence-corrected chi connectivity index (χ1v) is 15.7. The molecule has 0 aliphatic rings. The van der Waals surface area contributed by atoms with E-state index < -0.39 is 56.9 Å². The standard InChI is InChI=1S/C29H29Cl3F3N3O4S/c1-3-14-36-28(40)26(4-2)37(17-19-10-11-20(30)15-25(19)32)27(39)18-38(43(41,42)22-8-6-5-7-9-22)21-12-13-24(31)23(16-21)29(33,34)35/h5-13,15-16,26H,3-4,14,17-18H2,1-2H3,(H,36,40). The van der Waals surface area contributed by atoms with Crippen LogP contribution in [0.1, 0.15) is 37.8 Å². The van der Waals surface area contributed by atoms with Crippen molar-refractivity contribution < 1.29 is 31.2 Å². The van der Waals surface area contributed by atoms with Crippen molar-refractivity contribution in [2.24, 2.45) is 0 Å². The normalized spacial score (nSPS) is 12.5. The van der Waals surface area contributed by atoms with Gasteiger partial charge >= 0.3 is 6.18 Å². The van der Waals surface area contributed by atoms with Crippen LogP contribution in [-0.2, 0) is 32.3 Å². The predicted octanol–water partition coefficient (Wildman–Crippen LogP) is 7.19. The zero-order valence-corrected chi connectivity index (χ0v) is 26.3. The summed E-state index contributed by atoms with van der Waals surface area (Å²) in [6.07, 6.45) is -4.13. The number of hydrogen-bond acceptors (Lipinski definition) is 4. The van der Waals surface area contributed by atoms with Crippen molar-refractivity contribution in [3.63, 3.8) is 0 Å². The summed E-state index contributed by atoms with van der Waals surface area (Å²) >= 11 is 18.2. The van der Waals surface area contributed by atoms with Gasteiger partial charge in [-0.25, -0.2) is 8.42 Å². The predicted molar refractivity (Wildman–Crippen MR) is 162 cm³/mol. The number of carbonyl (C=O) groups is 2. The molecule has 0 aromatic heterocycles. The second-order valence-corrected chi connectivity index (χ2v) is 12.6. The Morgan fingerprint density at radius 3 is 2.19 bits per heavy atom. The maximum Gasteiger partial charge on any atom is 0.417 e. The number of carbonyl (C=O) groups excluding carboxylic acids is 2. The van der Waals surface area contributed by atoms with Crippen molar-refractivity contribution in [1.29, 1.82) is 0 Å². The van der Waals surface area contributed by atoms with Crippen LogP contribution >= 0.6 is 34.8 Å². The van der Waals surface area contributed by atoms with Crippen molar-refractivity contribution in [1.82, 2.24) is 10.2 Å². The molecule has 0 fully saturated rings. The smallest absolute Gasteiger partial charge is 0.354 e. The minimum absolute atomic E-state index is 0.150. The van der Waals surface area contributed by atoms with Crippen LogP contribution < -0.4 is 9.62 Å². The Labute approximate surface area is 263 Å². The molecule has 1 N–H and O–H groups in total. The molecule has 1 unspecified atom stereocenters. The summed E-state index contributed by atoms with van der Waals surface area (Å²) in [7, 11) is -4.58. The third-order valence-electron chi connectivity index (χ3n) is 6.44. The lowest BCUT2D eigenvalue weighted by Crippen LogP contribution is -2.52. The lowest BCUT2D eigenvalue weighted by molar-refractivity contribution is -0.140. The molecule has 0 saturated heterocycles. The molecule has 232 valence electrons. The average molecular weight is 679 g/mol. The summed E-state index contributed by atoms with van der Waals surface area (Å²) in [5.41, 5.74) is -1.30. The third kappa shape index (κ3) is 8.56. The molecule has 1 atom stereocenters. The Bertz CT molecular complexity index is 1560. The number of rotatable bonds is 12. The number of amides is 2. The highest BCUT2D eigenvalue weighted by molar-refractivity contribution is 7.92. The van der Waals surface area contributed by atoms with Crippen LogP contribution in [-0.4, -0.2) is 44.3 Å².